The highest BCUT2D eigenvalue weighted by atomic mass is 35.5. The molecule has 1 aromatic heterocycles. The van der Waals surface area contributed by atoms with Crippen LogP contribution in [-0.4, -0.2) is 37.0 Å². The van der Waals surface area contributed by atoms with Crippen molar-refractivity contribution in [2.75, 3.05) is 36.6 Å². The van der Waals surface area contributed by atoms with Gasteiger partial charge in [0.15, 0.2) is 5.82 Å². The van der Waals surface area contributed by atoms with E-state index in [1.54, 1.807) is 0 Å². The monoisotopic (exact) mass is 398 g/mol. The lowest BCUT2D eigenvalue weighted by Crippen LogP contribution is -2.36. The van der Waals surface area contributed by atoms with Crippen LogP contribution in [0.5, 0.6) is 0 Å². The predicted molar refractivity (Wildman–Crippen MR) is 105 cm³/mol. The second-order valence-electron chi connectivity index (χ2n) is 5.55. The Bertz CT molecular complexity index is 774. The van der Waals surface area contributed by atoms with Crippen molar-refractivity contribution in [3.05, 3.63) is 51.1 Å². The highest BCUT2D eigenvalue weighted by Crippen LogP contribution is 2.28. The topological polar surface area (TPSA) is 49.8 Å². The zero-order valence-electron chi connectivity index (χ0n) is 13.6. The van der Waals surface area contributed by atoms with Crippen LogP contribution in [0.2, 0.25) is 15.2 Å². The van der Waals surface area contributed by atoms with Crippen LogP contribution in [0.3, 0.4) is 0 Å². The Balaban J connectivity index is 1.71. The largest absolute Gasteiger partial charge is 0.378 e. The number of ether oxygens (including phenoxy) is 1. The van der Waals surface area contributed by atoms with Gasteiger partial charge in [0.2, 0.25) is 0 Å². The average Bonchev–Trinajstić information content (AvgIpc) is 2.64. The van der Waals surface area contributed by atoms with Gasteiger partial charge < -0.3 is 9.64 Å². The van der Waals surface area contributed by atoms with E-state index in [0.717, 1.165) is 37.6 Å². The first kappa shape index (κ1) is 18.3. The molecule has 25 heavy (non-hydrogen) atoms. The Morgan fingerprint density at radius 3 is 2.48 bits per heavy atom. The van der Waals surface area contributed by atoms with Gasteiger partial charge in [-0.1, -0.05) is 46.9 Å². The van der Waals surface area contributed by atoms with E-state index < -0.39 is 0 Å². The maximum atomic E-state index is 6.08. The minimum absolute atomic E-state index is 0.177. The van der Waals surface area contributed by atoms with Crippen molar-refractivity contribution in [2.45, 2.75) is 6.92 Å². The van der Waals surface area contributed by atoms with Crippen molar-refractivity contribution in [1.29, 1.82) is 0 Å². The molecule has 0 amide bonds. The molecule has 2 aromatic rings. The third-order valence-electron chi connectivity index (χ3n) is 3.88. The second-order valence-corrected chi connectivity index (χ2v) is 6.72. The normalized spacial score (nSPS) is 15.4. The van der Waals surface area contributed by atoms with Crippen LogP contribution >= 0.6 is 34.8 Å². The molecule has 0 saturated carbocycles. The van der Waals surface area contributed by atoms with Gasteiger partial charge in [-0.05, 0) is 30.7 Å². The number of hydrogen-bond acceptors (Lipinski definition) is 5. The fourth-order valence-corrected chi connectivity index (χ4v) is 3.00. The standard InChI is InChI=1S/C17H17Cl3N4O/c1-11(22-23-17-15(19)10-14(18)16(20)21-17)12-2-4-13(5-3-12)24-6-8-25-9-7-24/h2-5,10H,6-9H2,1H3,(H,21,23). The van der Waals surface area contributed by atoms with Crippen LogP contribution in [0.15, 0.2) is 35.4 Å². The highest BCUT2D eigenvalue weighted by molar-refractivity contribution is 6.42. The first-order valence-corrected chi connectivity index (χ1v) is 8.93. The molecule has 0 atom stereocenters. The molecular formula is C17H17Cl3N4O. The smallest absolute Gasteiger partial charge is 0.166 e. The zero-order chi connectivity index (χ0) is 17.8. The van der Waals surface area contributed by atoms with E-state index in [9.17, 15) is 0 Å². The van der Waals surface area contributed by atoms with Crippen LogP contribution in [-0.2, 0) is 4.74 Å². The van der Waals surface area contributed by atoms with E-state index >= 15 is 0 Å². The van der Waals surface area contributed by atoms with Crippen LogP contribution in [0, 0.1) is 0 Å². The maximum Gasteiger partial charge on any atom is 0.166 e. The van der Waals surface area contributed by atoms with Crippen LogP contribution in [0.4, 0.5) is 11.5 Å². The first-order chi connectivity index (χ1) is 12.0. The number of rotatable bonds is 4. The van der Waals surface area contributed by atoms with Gasteiger partial charge in [0.1, 0.15) is 5.15 Å². The van der Waals surface area contributed by atoms with Crippen molar-refractivity contribution in [3.63, 3.8) is 0 Å². The number of nitrogens with zero attached hydrogens (tertiary/aromatic N) is 3. The molecule has 132 valence electrons. The molecular weight excluding hydrogens is 383 g/mol. The fourth-order valence-electron chi connectivity index (χ4n) is 2.46. The van der Waals surface area contributed by atoms with Gasteiger partial charge in [0, 0.05) is 18.8 Å². The minimum Gasteiger partial charge on any atom is -0.378 e. The molecule has 0 spiro atoms. The lowest BCUT2D eigenvalue weighted by atomic mass is 10.1. The van der Waals surface area contributed by atoms with E-state index in [0.29, 0.717) is 15.9 Å². The molecule has 1 N–H and O–H groups in total. The van der Waals surface area contributed by atoms with Crippen molar-refractivity contribution < 1.29 is 4.74 Å². The second kappa shape index (κ2) is 8.23. The summed E-state index contributed by atoms with van der Waals surface area (Å²) < 4.78 is 5.38. The Kier molecular flexibility index (Phi) is 6.02. The summed E-state index contributed by atoms with van der Waals surface area (Å²) in [5, 5.41) is 5.16. The lowest BCUT2D eigenvalue weighted by molar-refractivity contribution is 0.122. The summed E-state index contributed by atoms with van der Waals surface area (Å²) in [7, 11) is 0. The Morgan fingerprint density at radius 1 is 1.12 bits per heavy atom. The number of hydrazone groups is 1. The molecule has 1 aliphatic heterocycles. The third-order valence-corrected chi connectivity index (χ3v) is 4.84. The number of morpholine rings is 1. The van der Waals surface area contributed by atoms with E-state index in [1.807, 2.05) is 19.1 Å². The molecule has 8 heteroatoms. The number of anilines is 2. The summed E-state index contributed by atoms with van der Waals surface area (Å²) >= 11 is 17.9. The van der Waals surface area contributed by atoms with Gasteiger partial charge in [-0.2, -0.15) is 5.10 Å². The van der Waals surface area contributed by atoms with Gasteiger partial charge in [-0.15, -0.1) is 0 Å². The Hall–Kier alpha value is -1.53. The van der Waals surface area contributed by atoms with E-state index in [4.69, 9.17) is 39.5 Å². The molecule has 0 unspecified atom stereocenters. The van der Waals surface area contributed by atoms with Crippen LogP contribution < -0.4 is 10.3 Å². The predicted octanol–water partition coefficient (Wildman–Crippen LogP) is 4.71. The Morgan fingerprint density at radius 2 is 1.80 bits per heavy atom. The van der Waals surface area contributed by atoms with Gasteiger partial charge >= 0.3 is 0 Å². The summed E-state index contributed by atoms with van der Waals surface area (Å²) in [6.07, 6.45) is 0. The third kappa shape index (κ3) is 4.55. The summed E-state index contributed by atoms with van der Waals surface area (Å²) in [5.74, 6) is 0.361. The molecule has 0 bridgehead atoms. The number of pyridine rings is 1. The van der Waals surface area contributed by atoms with Gasteiger partial charge in [-0.25, -0.2) is 4.98 Å². The van der Waals surface area contributed by atoms with Crippen molar-refractivity contribution >= 4 is 52.0 Å². The molecule has 0 radical (unpaired) electrons. The fraction of sp³-hybridized carbons (Fsp3) is 0.294. The quantitative estimate of drug-likeness (QED) is 0.459. The summed E-state index contributed by atoms with van der Waals surface area (Å²) in [6, 6.07) is 9.78. The number of halogens is 3. The van der Waals surface area contributed by atoms with Crippen molar-refractivity contribution in [3.8, 4) is 0 Å². The number of nitrogens with one attached hydrogen (secondary N) is 1. The number of benzene rings is 1. The Labute approximate surface area is 161 Å². The van der Waals surface area contributed by atoms with Crippen molar-refractivity contribution in [2.24, 2.45) is 5.10 Å². The highest BCUT2D eigenvalue weighted by Gasteiger charge is 2.11. The molecule has 1 aromatic carbocycles. The van der Waals surface area contributed by atoms with E-state index in [2.05, 4.69) is 32.5 Å². The van der Waals surface area contributed by atoms with Gasteiger partial charge in [-0.3, -0.25) is 5.43 Å². The molecule has 5 nitrogen and oxygen atoms in total. The average molecular weight is 400 g/mol. The zero-order valence-corrected chi connectivity index (χ0v) is 15.9. The molecule has 1 aliphatic rings. The molecule has 1 fully saturated rings. The molecule has 0 aliphatic carbocycles. The first-order valence-electron chi connectivity index (χ1n) is 7.79. The lowest BCUT2D eigenvalue weighted by Gasteiger charge is -2.28. The van der Waals surface area contributed by atoms with Gasteiger partial charge in [0.25, 0.3) is 0 Å². The molecule has 1 saturated heterocycles. The van der Waals surface area contributed by atoms with Crippen LogP contribution in [0.25, 0.3) is 0 Å². The summed E-state index contributed by atoms with van der Waals surface area (Å²) in [4.78, 5) is 6.38. The van der Waals surface area contributed by atoms with Gasteiger partial charge in [0.05, 0.1) is 29.0 Å². The number of aromatic nitrogens is 1. The molecule has 2 heterocycles. The van der Waals surface area contributed by atoms with E-state index in [-0.39, 0.29) is 5.15 Å². The summed E-state index contributed by atoms with van der Waals surface area (Å²) in [5.41, 5.74) is 5.82. The molecule has 3 rings (SSSR count). The number of hydrogen-bond donors (Lipinski definition) is 1. The van der Waals surface area contributed by atoms with E-state index in [1.165, 1.54) is 11.8 Å². The SMILES string of the molecule is CC(=NNc1nc(Cl)c(Cl)cc1Cl)c1ccc(N2CCOCC2)cc1. The maximum absolute atomic E-state index is 6.08. The van der Waals surface area contributed by atoms with Crippen LogP contribution in [0.1, 0.15) is 12.5 Å². The van der Waals surface area contributed by atoms with Crippen molar-refractivity contribution in [1.82, 2.24) is 4.98 Å². The minimum atomic E-state index is 0.177. The summed E-state index contributed by atoms with van der Waals surface area (Å²) in [6.45, 7) is 5.26.